The smallest absolute Gasteiger partial charge is 0.257 e. The Morgan fingerprint density at radius 1 is 1.46 bits per heavy atom. The number of nitrogens with zero attached hydrogens (tertiary/aromatic N) is 3. The van der Waals surface area contributed by atoms with E-state index in [2.05, 4.69) is 15.6 Å². The van der Waals surface area contributed by atoms with Crippen LogP contribution < -0.4 is 15.5 Å². The molecular weight excluding hydrogens is 313 g/mol. The number of carbonyl (C=O) groups excluding carboxylic acids is 2. The van der Waals surface area contributed by atoms with Crippen LogP contribution in [0, 0.1) is 17.1 Å². The summed E-state index contributed by atoms with van der Waals surface area (Å²) < 4.78 is 13.3. The summed E-state index contributed by atoms with van der Waals surface area (Å²) in [5.74, 6) is -0.759. The molecule has 0 unspecified atom stereocenters. The summed E-state index contributed by atoms with van der Waals surface area (Å²) in [6, 6.07) is 6.96. The third kappa shape index (κ3) is 2.75. The first-order chi connectivity index (χ1) is 11.5. The summed E-state index contributed by atoms with van der Waals surface area (Å²) in [5, 5.41) is 14.3. The predicted molar refractivity (Wildman–Crippen MR) is 85.2 cm³/mol. The fourth-order valence-electron chi connectivity index (χ4n) is 2.27. The molecule has 0 aliphatic carbocycles. The van der Waals surface area contributed by atoms with Gasteiger partial charge in [0.15, 0.2) is 0 Å². The number of hydrogen-bond acceptors (Lipinski definition) is 5. The van der Waals surface area contributed by atoms with Gasteiger partial charge in [0, 0.05) is 18.9 Å². The predicted octanol–water partition coefficient (Wildman–Crippen LogP) is 1.73. The molecule has 2 amide bonds. The Balaban J connectivity index is 1.86. The minimum Gasteiger partial charge on any atom is -0.359 e. The lowest BCUT2D eigenvalue weighted by atomic mass is 10.1. The zero-order valence-electron chi connectivity index (χ0n) is 12.6. The molecule has 0 radical (unpaired) electrons. The molecule has 7 nitrogen and oxygen atoms in total. The molecule has 8 heteroatoms. The van der Waals surface area contributed by atoms with Crippen LogP contribution >= 0.6 is 0 Å². The van der Waals surface area contributed by atoms with Crippen LogP contribution in [0.3, 0.4) is 0 Å². The highest BCUT2D eigenvalue weighted by molar-refractivity contribution is 6.07. The summed E-state index contributed by atoms with van der Waals surface area (Å²) in [4.78, 5) is 29.6. The van der Waals surface area contributed by atoms with Crippen molar-refractivity contribution in [3.63, 3.8) is 0 Å². The summed E-state index contributed by atoms with van der Waals surface area (Å²) in [5.41, 5.74) is 0.861. The topological polar surface area (TPSA) is 98.1 Å². The molecule has 0 spiro atoms. The molecule has 3 rings (SSSR count). The van der Waals surface area contributed by atoms with Gasteiger partial charge in [-0.15, -0.1) is 0 Å². The molecule has 0 atom stereocenters. The van der Waals surface area contributed by atoms with Gasteiger partial charge in [0.05, 0.1) is 23.4 Å². The molecule has 0 saturated heterocycles. The van der Waals surface area contributed by atoms with Gasteiger partial charge >= 0.3 is 0 Å². The van der Waals surface area contributed by atoms with Crippen LogP contribution in [0.15, 0.2) is 30.5 Å². The number of nitriles is 1. The summed E-state index contributed by atoms with van der Waals surface area (Å²) in [6.45, 7) is 0.147. The van der Waals surface area contributed by atoms with E-state index in [1.165, 1.54) is 29.3 Å². The first kappa shape index (κ1) is 15.4. The van der Waals surface area contributed by atoms with Crippen molar-refractivity contribution in [1.82, 2.24) is 4.98 Å². The van der Waals surface area contributed by atoms with E-state index in [9.17, 15) is 14.0 Å². The number of benzene rings is 1. The number of aromatic nitrogens is 1. The van der Waals surface area contributed by atoms with Crippen molar-refractivity contribution in [3.05, 3.63) is 47.4 Å². The Morgan fingerprint density at radius 3 is 3.00 bits per heavy atom. The van der Waals surface area contributed by atoms with Gasteiger partial charge in [-0.05, 0) is 24.3 Å². The largest absolute Gasteiger partial charge is 0.359 e. The lowest BCUT2D eigenvalue weighted by molar-refractivity contribution is -0.116. The zero-order valence-corrected chi connectivity index (χ0v) is 12.6. The second kappa shape index (κ2) is 5.96. The maximum atomic E-state index is 13.3. The number of fused-ring (bicyclic) bond motifs is 1. The Bertz CT molecular complexity index is 891. The third-order valence-electron chi connectivity index (χ3n) is 3.62. The summed E-state index contributed by atoms with van der Waals surface area (Å²) >= 11 is 0. The number of likely N-dealkylation sites (N-methyl/N-ethyl adjacent to an activating group) is 1. The normalized spacial score (nSPS) is 12.9. The number of amides is 2. The number of carbonyl (C=O) groups is 2. The van der Waals surface area contributed by atoms with Crippen molar-refractivity contribution in [3.8, 4) is 6.07 Å². The molecule has 2 heterocycles. The molecule has 1 aromatic carbocycles. The lowest BCUT2D eigenvalue weighted by Crippen LogP contribution is -2.37. The molecule has 2 aromatic rings. The lowest BCUT2D eigenvalue weighted by Gasteiger charge is -2.26. The van der Waals surface area contributed by atoms with E-state index >= 15 is 0 Å². The van der Waals surface area contributed by atoms with Crippen molar-refractivity contribution >= 4 is 29.0 Å². The van der Waals surface area contributed by atoms with Gasteiger partial charge < -0.3 is 15.5 Å². The maximum Gasteiger partial charge on any atom is 0.257 e. The molecule has 120 valence electrons. The molecule has 24 heavy (non-hydrogen) atoms. The molecule has 2 N–H and O–H groups in total. The van der Waals surface area contributed by atoms with Crippen LogP contribution in [0.1, 0.15) is 15.9 Å². The minimum atomic E-state index is -0.655. The van der Waals surface area contributed by atoms with Crippen molar-refractivity contribution in [2.45, 2.75) is 0 Å². The number of rotatable bonds is 2. The van der Waals surface area contributed by atoms with E-state index in [1.54, 1.807) is 13.1 Å². The van der Waals surface area contributed by atoms with Crippen LogP contribution in [0.4, 0.5) is 21.6 Å². The van der Waals surface area contributed by atoms with E-state index in [4.69, 9.17) is 5.26 Å². The molecule has 0 bridgehead atoms. The second-order valence-corrected chi connectivity index (χ2v) is 5.16. The van der Waals surface area contributed by atoms with E-state index < -0.39 is 11.7 Å². The van der Waals surface area contributed by atoms with Gasteiger partial charge in [0.25, 0.3) is 5.91 Å². The van der Waals surface area contributed by atoms with Gasteiger partial charge in [-0.3, -0.25) is 9.59 Å². The number of anilines is 3. The van der Waals surface area contributed by atoms with Crippen molar-refractivity contribution in [2.24, 2.45) is 0 Å². The van der Waals surface area contributed by atoms with E-state index in [-0.39, 0.29) is 23.6 Å². The summed E-state index contributed by atoms with van der Waals surface area (Å²) in [6.07, 6.45) is 1.37. The van der Waals surface area contributed by atoms with E-state index in [1.807, 2.05) is 0 Å². The maximum absolute atomic E-state index is 13.3. The van der Waals surface area contributed by atoms with Gasteiger partial charge in [0.1, 0.15) is 17.7 Å². The third-order valence-corrected chi connectivity index (χ3v) is 3.62. The Morgan fingerprint density at radius 2 is 2.25 bits per heavy atom. The minimum absolute atomic E-state index is 0.140. The highest BCUT2D eigenvalue weighted by Gasteiger charge is 2.23. The van der Waals surface area contributed by atoms with Crippen LogP contribution in [0.2, 0.25) is 0 Å². The molecule has 1 aliphatic rings. The first-order valence-corrected chi connectivity index (χ1v) is 7.01. The van der Waals surface area contributed by atoms with Crippen molar-refractivity contribution < 1.29 is 14.0 Å². The first-order valence-electron chi connectivity index (χ1n) is 7.01. The van der Waals surface area contributed by atoms with Crippen molar-refractivity contribution in [2.75, 3.05) is 29.1 Å². The quantitative estimate of drug-likeness (QED) is 0.876. The van der Waals surface area contributed by atoms with Crippen LogP contribution in [-0.2, 0) is 4.79 Å². The van der Waals surface area contributed by atoms with Gasteiger partial charge in [0.2, 0.25) is 5.91 Å². The van der Waals surface area contributed by atoms with Crippen LogP contribution in [-0.4, -0.2) is 30.4 Å². The van der Waals surface area contributed by atoms with E-state index in [0.29, 0.717) is 17.2 Å². The van der Waals surface area contributed by atoms with Gasteiger partial charge in [-0.25, -0.2) is 9.37 Å². The highest BCUT2D eigenvalue weighted by atomic mass is 19.1. The molecular formula is C16H12FN5O2. The Labute approximate surface area is 136 Å². The Kier molecular flexibility index (Phi) is 3.83. The zero-order chi connectivity index (χ0) is 17.3. The van der Waals surface area contributed by atoms with Crippen LogP contribution in [0.5, 0.6) is 0 Å². The van der Waals surface area contributed by atoms with E-state index in [0.717, 1.165) is 6.07 Å². The standard InChI is InChI=1S/C16H12FN5O2/c1-22-13-5-10(7-19-15(13)20-8-14(22)23)16(24)21-11-2-3-12(17)9(4-11)6-18/h2-5,7H,8H2,1H3,(H,19,20)(H,21,24). The number of pyridine rings is 1. The monoisotopic (exact) mass is 325 g/mol. The molecule has 1 aliphatic heterocycles. The van der Waals surface area contributed by atoms with Gasteiger partial charge in [-0.2, -0.15) is 5.26 Å². The number of halogens is 1. The fraction of sp³-hybridized carbons (Fsp3) is 0.125. The van der Waals surface area contributed by atoms with Gasteiger partial charge in [-0.1, -0.05) is 0 Å². The number of nitrogens with one attached hydrogen (secondary N) is 2. The molecule has 1 aromatic heterocycles. The SMILES string of the molecule is CN1C(=O)CNc2ncc(C(=O)Nc3ccc(F)c(C#N)c3)cc21. The Hall–Kier alpha value is -3.47. The summed E-state index contributed by atoms with van der Waals surface area (Å²) in [7, 11) is 1.60. The molecule has 0 saturated carbocycles. The molecule has 0 fully saturated rings. The van der Waals surface area contributed by atoms with Crippen LogP contribution in [0.25, 0.3) is 0 Å². The highest BCUT2D eigenvalue weighted by Crippen LogP contribution is 2.27. The number of hydrogen-bond donors (Lipinski definition) is 2. The van der Waals surface area contributed by atoms with Crippen molar-refractivity contribution in [1.29, 1.82) is 5.26 Å². The fourth-order valence-corrected chi connectivity index (χ4v) is 2.27. The second-order valence-electron chi connectivity index (χ2n) is 5.16. The average molecular weight is 325 g/mol. The average Bonchev–Trinajstić information content (AvgIpc) is 2.59.